The Bertz CT molecular complexity index is 3530. The molecule has 3 heterocycles. The number of hydrogen-bond acceptors (Lipinski definition) is 10. The summed E-state index contributed by atoms with van der Waals surface area (Å²) in [6, 6.07) is 29.0. The Labute approximate surface area is 551 Å². The largest absolute Gasteiger partial charge is 1.00 e. The molecule has 18 nitrogen and oxygen atoms in total. The Balaban J connectivity index is 0.000000248. The van der Waals surface area contributed by atoms with Crippen molar-refractivity contribution >= 4 is 65.0 Å². The van der Waals surface area contributed by atoms with Crippen LogP contribution in [0.1, 0.15) is 165 Å². The van der Waals surface area contributed by atoms with E-state index in [0.717, 1.165) is 87.6 Å². The fraction of sp³-hybridized carbons (Fsp3) is 0.409. The topological polar surface area (TPSA) is 269 Å². The maximum atomic E-state index is 14.5. The van der Waals surface area contributed by atoms with Crippen LogP contribution >= 0.6 is 0 Å². The average Bonchev–Trinajstić information content (AvgIpc) is 1.61. The number of para-hydroxylation sites is 3. The maximum Gasteiger partial charge on any atom is 0.303 e. The molecule has 0 aliphatic carbocycles. The minimum Gasteiger partial charge on any atom is -1.00 e. The number of carboxylic acid groups (broad SMARTS) is 3. The smallest absolute Gasteiger partial charge is 0.303 e. The lowest BCUT2D eigenvalue weighted by molar-refractivity contribution is -0.687. The molecule has 9 rings (SSSR count). The van der Waals surface area contributed by atoms with Crippen LogP contribution in [0.4, 0.5) is 30.2 Å². The monoisotopic (exact) mass is 1370 g/mol. The molecule has 3 aliphatic rings. The van der Waals surface area contributed by atoms with Crippen molar-refractivity contribution in [2.45, 2.75) is 150 Å². The number of carbonyl (C=O) groups is 3. The van der Waals surface area contributed by atoms with E-state index in [1.165, 1.54) is 70.5 Å². The van der Waals surface area contributed by atoms with Gasteiger partial charge < -0.3 is 56.1 Å². The summed E-state index contributed by atoms with van der Waals surface area (Å²) < 4.78 is 127. The van der Waals surface area contributed by atoms with Crippen molar-refractivity contribution in [3.05, 3.63) is 177 Å². The number of nitrogens with two attached hydrogens (primary N) is 2. The van der Waals surface area contributed by atoms with Crippen molar-refractivity contribution < 1.29 is 104 Å². The lowest BCUT2D eigenvalue weighted by atomic mass is 9.95. The van der Waals surface area contributed by atoms with Gasteiger partial charge in [0.15, 0.2) is 0 Å². The van der Waals surface area contributed by atoms with Crippen LogP contribution in [0.3, 0.4) is 0 Å². The first-order valence-electron chi connectivity index (χ1n) is 30.4. The number of nitrogens with one attached hydrogen (secondary N) is 1. The number of nitrogens with zero attached hydrogens (tertiary/aromatic N) is 3. The third kappa shape index (κ3) is 18.1. The van der Waals surface area contributed by atoms with Gasteiger partial charge in [0.25, 0.3) is 30.1 Å². The lowest BCUT2D eigenvalue weighted by Crippen LogP contribution is -3.00. The summed E-state index contributed by atoms with van der Waals surface area (Å²) in [6.07, 6.45) is 10.1. The standard InChI is InChI=1S/3C22H27FN2O4S.2ClH/c3*1-15-13-20-17(14-18(15)23)22(24-12-8-4-3-5-11-21(26)27)16-9-6-7-10-19(16)25(2)30(20,28)29;;/h3*6-7,9-10,13-14,22,24H,3-5,8,11-12H2,1-2H3,(H,26,27);2*1H. The number of benzene rings is 6. The predicted octanol–water partition coefficient (Wildman–Crippen LogP) is 3.92. The molecule has 3 unspecified atom stereocenters. The lowest BCUT2D eigenvalue weighted by Gasteiger charge is -2.22. The van der Waals surface area contributed by atoms with Crippen molar-refractivity contribution in [2.75, 3.05) is 53.7 Å². The molecule has 8 N–H and O–H groups in total. The molecule has 3 atom stereocenters. The quantitative estimate of drug-likeness (QED) is 0.0470. The van der Waals surface area contributed by atoms with Gasteiger partial charge in [0.1, 0.15) is 29.5 Å². The molecule has 0 fully saturated rings. The molecule has 6 aromatic carbocycles. The summed E-state index contributed by atoms with van der Waals surface area (Å²) in [4.78, 5) is 32.2. The van der Waals surface area contributed by atoms with Crippen molar-refractivity contribution in [1.82, 2.24) is 5.32 Å². The van der Waals surface area contributed by atoms with Gasteiger partial charge in [-0.3, -0.25) is 27.3 Å². The molecule has 92 heavy (non-hydrogen) atoms. The van der Waals surface area contributed by atoms with Gasteiger partial charge in [-0.2, -0.15) is 0 Å². The highest BCUT2D eigenvalue weighted by atomic mass is 35.5. The first kappa shape index (κ1) is 75.9. The van der Waals surface area contributed by atoms with Gasteiger partial charge in [0, 0.05) is 62.7 Å². The van der Waals surface area contributed by atoms with E-state index in [9.17, 15) is 52.8 Å². The van der Waals surface area contributed by atoms with Gasteiger partial charge in [-0.15, -0.1) is 0 Å². The molecule has 0 saturated heterocycles. The highest BCUT2D eigenvalue weighted by molar-refractivity contribution is 7.93. The Morgan fingerprint density at radius 2 is 0.717 bits per heavy atom. The van der Waals surface area contributed by atoms with E-state index in [2.05, 4.69) is 16.0 Å². The fourth-order valence-electron chi connectivity index (χ4n) is 11.7. The van der Waals surface area contributed by atoms with Crippen molar-refractivity contribution in [2.24, 2.45) is 0 Å². The number of fused-ring (bicyclic) bond motifs is 6. The maximum absolute atomic E-state index is 14.5. The van der Waals surface area contributed by atoms with E-state index >= 15 is 0 Å². The molecule has 0 aromatic heterocycles. The number of aliphatic carboxylic acids is 3. The molecular weight excluding hydrogens is 1290 g/mol. The minimum atomic E-state index is -3.82. The highest BCUT2D eigenvalue weighted by Crippen LogP contribution is 2.43. The van der Waals surface area contributed by atoms with Crippen molar-refractivity contribution in [3.63, 3.8) is 0 Å². The molecule has 0 amide bonds. The SMILES string of the molecule is Cc1cc2c(cc1F)C(NCCCCCCC(=O)O)c1ccccc1N(C)S2(=O)=O.Cc1cc2c(cc1F)C([NH2+]CCCCCCC(=O)O)c1ccccc1N(C)S2(=O)=O.Cc1cc2c(cc1F)C([NH2+]CCCCCCC(=O)O)c1ccccc1N(C)S2(=O)=O.[Cl-].[Cl-]. The number of rotatable bonds is 24. The average molecular weight is 1380 g/mol. The molecule has 0 radical (unpaired) electrons. The summed E-state index contributed by atoms with van der Waals surface area (Å²) in [7, 11) is -6.85. The summed E-state index contributed by atoms with van der Waals surface area (Å²) in [5.41, 5.74) is 6.39. The first-order valence-corrected chi connectivity index (χ1v) is 34.7. The second-order valence-corrected chi connectivity index (χ2v) is 28.9. The number of anilines is 3. The van der Waals surface area contributed by atoms with E-state index in [1.807, 2.05) is 36.4 Å². The van der Waals surface area contributed by atoms with Crippen LogP contribution in [0.2, 0.25) is 0 Å². The van der Waals surface area contributed by atoms with E-state index in [-0.39, 0.29) is 76.4 Å². The molecule has 0 saturated carbocycles. The van der Waals surface area contributed by atoms with Gasteiger partial charge in [-0.25, -0.2) is 38.4 Å². The molecule has 0 spiro atoms. The Kier molecular flexibility index (Phi) is 28.0. The first-order chi connectivity index (χ1) is 42.7. The Morgan fingerprint density at radius 1 is 0.424 bits per heavy atom. The van der Waals surface area contributed by atoms with Crippen LogP contribution in [0, 0.1) is 38.2 Å². The van der Waals surface area contributed by atoms with Crippen LogP contribution < -0.4 is 53.7 Å². The zero-order valence-electron chi connectivity index (χ0n) is 52.5. The third-order valence-corrected chi connectivity index (χ3v) is 22.2. The number of carboxylic acids is 3. The Morgan fingerprint density at radius 3 is 1.08 bits per heavy atom. The molecule has 502 valence electrons. The molecular formula is C66H83Cl2F3N6O12S3. The van der Waals surface area contributed by atoms with Crippen LogP contribution in [0.5, 0.6) is 0 Å². The molecule has 6 aromatic rings. The van der Waals surface area contributed by atoms with Crippen LogP contribution in [-0.2, 0) is 44.5 Å². The van der Waals surface area contributed by atoms with E-state index < -0.39 is 71.5 Å². The minimum absolute atomic E-state index is 0. The highest BCUT2D eigenvalue weighted by Gasteiger charge is 2.40. The second-order valence-electron chi connectivity index (χ2n) is 23.1. The van der Waals surface area contributed by atoms with Crippen molar-refractivity contribution in [3.8, 4) is 0 Å². The van der Waals surface area contributed by atoms with Gasteiger partial charge in [-0.1, -0.05) is 80.3 Å². The number of quaternary nitrogens is 2. The van der Waals surface area contributed by atoms with Crippen LogP contribution in [-0.4, -0.2) is 99.3 Å². The second kappa shape index (κ2) is 33.9. The zero-order chi connectivity index (χ0) is 65.7. The summed E-state index contributed by atoms with van der Waals surface area (Å²) in [6.45, 7) is 6.75. The fourth-order valence-corrected chi connectivity index (χ4v) is 16.2. The van der Waals surface area contributed by atoms with Crippen LogP contribution in [0.15, 0.2) is 124 Å². The van der Waals surface area contributed by atoms with Gasteiger partial charge in [0.2, 0.25) is 0 Å². The number of unbranched alkanes of at least 4 members (excludes halogenated alkanes) is 9. The van der Waals surface area contributed by atoms with Gasteiger partial charge >= 0.3 is 17.9 Å². The summed E-state index contributed by atoms with van der Waals surface area (Å²) >= 11 is 0. The van der Waals surface area contributed by atoms with Gasteiger partial charge in [0.05, 0.1) is 50.9 Å². The van der Waals surface area contributed by atoms with E-state index in [1.54, 1.807) is 57.2 Å². The van der Waals surface area contributed by atoms with E-state index in [4.69, 9.17) is 15.3 Å². The number of halogens is 5. The zero-order valence-corrected chi connectivity index (χ0v) is 56.4. The van der Waals surface area contributed by atoms with Crippen LogP contribution in [0.25, 0.3) is 0 Å². The number of aryl methyl sites for hydroxylation is 3. The summed E-state index contributed by atoms with van der Waals surface area (Å²) in [5.74, 6) is -3.63. The van der Waals surface area contributed by atoms with Crippen molar-refractivity contribution in [1.29, 1.82) is 0 Å². The molecule has 0 bridgehead atoms. The van der Waals surface area contributed by atoms with E-state index in [0.29, 0.717) is 70.7 Å². The summed E-state index contributed by atoms with van der Waals surface area (Å²) in [5, 5.41) is 33.7. The Hall–Kier alpha value is -6.77. The molecule has 3 aliphatic heterocycles. The number of hydrogen-bond donors (Lipinski definition) is 6. The number of sulfonamides is 3. The molecule has 26 heteroatoms. The van der Waals surface area contributed by atoms with Gasteiger partial charge in [-0.05, 0) is 161 Å². The third-order valence-electron chi connectivity index (χ3n) is 16.7. The predicted molar refractivity (Wildman–Crippen MR) is 339 cm³/mol. The normalized spacial score (nSPS) is 16.8.